The standard InChI is InChI=1S/C14H18F2N2O5S/c1-14(2,3)18-11(19)8-23-12(20)7-17-24(21,22)13-9(15)5-4-6-10(13)16/h4-6,17H,7-8H2,1-3H3,(H,18,19). The van der Waals surface area contributed by atoms with Crippen LogP contribution in [0.15, 0.2) is 23.1 Å². The highest BCUT2D eigenvalue weighted by molar-refractivity contribution is 7.89. The van der Waals surface area contributed by atoms with Crippen LogP contribution in [0.25, 0.3) is 0 Å². The lowest BCUT2D eigenvalue weighted by molar-refractivity contribution is -0.147. The molecule has 0 aromatic heterocycles. The molecule has 1 aromatic carbocycles. The second-order valence-electron chi connectivity index (χ2n) is 5.83. The monoisotopic (exact) mass is 364 g/mol. The number of carbonyl (C=O) groups excluding carboxylic acids is 2. The van der Waals surface area contributed by atoms with Gasteiger partial charge < -0.3 is 10.1 Å². The molecular formula is C14H18F2N2O5S. The fourth-order valence-corrected chi connectivity index (χ4v) is 2.72. The van der Waals surface area contributed by atoms with Crippen molar-refractivity contribution in [3.63, 3.8) is 0 Å². The van der Waals surface area contributed by atoms with Crippen molar-refractivity contribution in [2.75, 3.05) is 13.2 Å². The predicted molar refractivity (Wildman–Crippen MR) is 80.4 cm³/mol. The number of hydrogen-bond donors (Lipinski definition) is 2. The van der Waals surface area contributed by atoms with Gasteiger partial charge in [-0.25, -0.2) is 17.2 Å². The van der Waals surface area contributed by atoms with Gasteiger partial charge in [-0.15, -0.1) is 0 Å². The lowest BCUT2D eigenvalue weighted by atomic mass is 10.1. The molecule has 0 bridgehead atoms. The van der Waals surface area contributed by atoms with Crippen LogP contribution >= 0.6 is 0 Å². The average molecular weight is 364 g/mol. The van der Waals surface area contributed by atoms with Crippen LogP contribution in [0.5, 0.6) is 0 Å². The van der Waals surface area contributed by atoms with Gasteiger partial charge in [0, 0.05) is 5.54 Å². The zero-order valence-corrected chi connectivity index (χ0v) is 14.2. The zero-order chi connectivity index (χ0) is 18.5. The molecule has 0 fully saturated rings. The summed E-state index contributed by atoms with van der Waals surface area (Å²) in [6.45, 7) is 3.70. The van der Waals surface area contributed by atoms with Crippen LogP contribution in [0, 0.1) is 11.6 Å². The van der Waals surface area contributed by atoms with Crippen molar-refractivity contribution >= 4 is 21.9 Å². The van der Waals surface area contributed by atoms with Gasteiger partial charge in [0.2, 0.25) is 10.0 Å². The summed E-state index contributed by atoms with van der Waals surface area (Å²) in [7, 11) is -4.59. The third-order valence-corrected chi connectivity index (χ3v) is 3.92. The Labute approximate surface area is 138 Å². The minimum atomic E-state index is -4.59. The number of carbonyl (C=O) groups is 2. The second-order valence-corrected chi connectivity index (χ2v) is 7.54. The van der Waals surface area contributed by atoms with Crippen molar-refractivity contribution in [1.82, 2.24) is 10.0 Å². The van der Waals surface area contributed by atoms with Crippen LogP contribution in [0.4, 0.5) is 8.78 Å². The van der Waals surface area contributed by atoms with Crippen molar-refractivity contribution in [2.24, 2.45) is 0 Å². The van der Waals surface area contributed by atoms with Gasteiger partial charge in [-0.3, -0.25) is 9.59 Å². The molecule has 134 valence electrons. The minimum absolute atomic E-state index is 0.520. The van der Waals surface area contributed by atoms with Gasteiger partial charge >= 0.3 is 5.97 Å². The Morgan fingerprint density at radius 3 is 2.21 bits per heavy atom. The van der Waals surface area contributed by atoms with Crippen molar-refractivity contribution in [2.45, 2.75) is 31.2 Å². The number of rotatable bonds is 6. The van der Waals surface area contributed by atoms with E-state index >= 15 is 0 Å². The third-order valence-electron chi connectivity index (χ3n) is 2.47. The van der Waals surface area contributed by atoms with Crippen molar-refractivity contribution < 1.29 is 31.5 Å². The zero-order valence-electron chi connectivity index (χ0n) is 13.4. The smallest absolute Gasteiger partial charge is 0.321 e. The van der Waals surface area contributed by atoms with E-state index in [1.807, 2.05) is 0 Å². The van der Waals surface area contributed by atoms with Crippen LogP contribution in [-0.4, -0.2) is 39.0 Å². The molecule has 10 heteroatoms. The van der Waals surface area contributed by atoms with E-state index in [1.54, 1.807) is 25.5 Å². The van der Waals surface area contributed by atoms with Gasteiger partial charge in [-0.1, -0.05) is 6.07 Å². The Bertz CT molecular complexity index is 709. The van der Waals surface area contributed by atoms with E-state index in [4.69, 9.17) is 0 Å². The summed E-state index contributed by atoms with van der Waals surface area (Å²) in [5.74, 6) is -4.22. The third kappa shape index (κ3) is 6.20. The summed E-state index contributed by atoms with van der Waals surface area (Å²) in [4.78, 5) is 21.7. The van der Waals surface area contributed by atoms with Gasteiger partial charge in [0.25, 0.3) is 5.91 Å². The van der Waals surface area contributed by atoms with E-state index in [2.05, 4.69) is 10.1 Å². The van der Waals surface area contributed by atoms with E-state index in [9.17, 15) is 26.8 Å². The molecule has 0 spiro atoms. The average Bonchev–Trinajstić information content (AvgIpc) is 2.40. The van der Waals surface area contributed by atoms with E-state index < -0.39 is 57.1 Å². The molecule has 1 rings (SSSR count). The molecule has 7 nitrogen and oxygen atoms in total. The van der Waals surface area contributed by atoms with Crippen molar-refractivity contribution in [1.29, 1.82) is 0 Å². The molecule has 0 saturated heterocycles. The minimum Gasteiger partial charge on any atom is -0.455 e. The highest BCUT2D eigenvalue weighted by Gasteiger charge is 2.24. The first kappa shape index (κ1) is 20.0. The number of ether oxygens (including phenoxy) is 1. The second kappa shape index (κ2) is 7.67. The predicted octanol–water partition coefficient (Wildman–Crippen LogP) is 0.701. The molecule has 0 radical (unpaired) electrons. The molecule has 0 aliphatic heterocycles. The molecule has 0 atom stereocenters. The van der Waals surface area contributed by atoms with Gasteiger partial charge in [0.1, 0.15) is 18.2 Å². The van der Waals surface area contributed by atoms with Crippen LogP contribution < -0.4 is 10.0 Å². The lowest BCUT2D eigenvalue weighted by Crippen LogP contribution is -2.43. The summed E-state index contributed by atoms with van der Waals surface area (Å²) in [5.41, 5.74) is -0.520. The molecular weight excluding hydrogens is 346 g/mol. The first-order chi connectivity index (χ1) is 10.9. The Morgan fingerprint density at radius 2 is 1.71 bits per heavy atom. The number of esters is 1. The van der Waals surface area contributed by atoms with Crippen molar-refractivity contribution in [3.05, 3.63) is 29.8 Å². The number of sulfonamides is 1. The van der Waals surface area contributed by atoms with Crippen LogP contribution in [0.1, 0.15) is 20.8 Å². The fourth-order valence-electron chi connectivity index (χ4n) is 1.62. The highest BCUT2D eigenvalue weighted by Crippen LogP contribution is 2.17. The number of hydrogen-bond acceptors (Lipinski definition) is 5. The summed E-state index contributed by atoms with van der Waals surface area (Å²) in [6, 6.07) is 2.55. The molecule has 1 amide bonds. The topological polar surface area (TPSA) is 102 Å². The molecule has 0 heterocycles. The number of halogens is 2. The van der Waals surface area contributed by atoms with E-state index in [-0.39, 0.29) is 0 Å². The summed E-state index contributed by atoms with van der Waals surface area (Å²) in [6.07, 6.45) is 0. The highest BCUT2D eigenvalue weighted by atomic mass is 32.2. The maximum atomic E-state index is 13.5. The Morgan fingerprint density at radius 1 is 1.17 bits per heavy atom. The maximum absolute atomic E-state index is 13.5. The van der Waals surface area contributed by atoms with Gasteiger partial charge in [0.05, 0.1) is 0 Å². The fraction of sp³-hybridized carbons (Fsp3) is 0.429. The van der Waals surface area contributed by atoms with E-state index in [0.29, 0.717) is 0 Å². The summed E-state index contributed by atoms with van der Waals surface area (Å²) in [5, 5.41) is 2.53. The molecule has 2 N–H and O–H groups in total. The van der Waals surface area contributed by atoms with Gasteiger partial charge in [0.15, 0.2) is 11.5 Å². The first-order valence-corrected chi connectivity index (χ1v) is 8.31. The quantitative estimate of drug-likeness (QED) is 0.724. The molecule has 0 unspecified atom stereocenters. The van der Waals surface area contributed by atoms with Crippen LogP contribution in [0.3, 0.4) is 0 Å². The largest absolute Gasteiger partial charge is 0.455 e. The van der Waals surface area contributed by atoms with Gasteiger partial charge in [-0.2, -0.15) is 4.72 Å². The molecule has 24 heavy (non-hydrogen) atoms. The number of benzene rings is 1. The molecule has 0 aliphatic rings. The Balaban J connectivity index is 2.59. The number of nitrogens with one attached hydrogen (secondary N) is 2. The number of amides is 1. The van der Waals surface area contributed by atoms with E-state index in [1.165, 1.54) is 0 Å². The van der Waals surface area contributed by atoms with Crippen LogP contribution in [-0.2, 0) is 24.3 Å². The lowest BCUT2D eigenvalue weighted by Gasteiger charge is -2.20. The summed E-state index contributed by atoms with van der Waals surface area (Å²) < 4.78 is 56.8. The molecule has 0 aliphatic carbocycles. The molecule has 1 aromatic rings. The normalized spacial score (nSPS) is 11.9. The summed E-state index contributed by atoms with van der Waals surface area (Å²) >= 11 is 0. The first-order valence-electron chi connectivity index (χ1n) is 6.83. The maximum Gasteiger partial charge on any atom is 0.321 e. The molecule has 0 saturated carbocycles. The van der Waals surface area contributed by atoms with Crippen LogP contribution in [0.2, 0.25) is 0 Å². The van der Waals surface area contributed by atoms with Gasteiger partial charge in [-0.05, 0) is 32.9 Å². The van der Waals surface area contributed by atoms with E-state index in [0.717, 1.165) is 18.2 Å². The van der Waals surface area contributed by atoms with Crippen molar-refractivity contribution in [3.8, 4) is 0 Å². The Kier molecular flexibility index (Phi) is 6.38. The SMILES string of the molecule is CC(C)(C)NC(=O)COC(=O)CNS(=O)(=O)c1c(F)cccc1F. The Hall–Kier alpha value is -2.07.